The Morgan fingerprint density at radius 3 is 2.82 bits per heavy atom. The van der Waals surface area contributed by atoms with Crippen LogP contribution in [-0.4, -0.2) is 20.9 Å². The summed E-state index contributed by atoms with van der Waals surface area (Å²) in [6.07, 6.45) is 9.92. The van der Waals surface area contributed by atoms with Crippen LogP contribution in [0.4, 0.5) is 0 Å². The maximum absolute atomic E-state index is 11.3. The minimum absolute atomic E-state index is 0.169. The number of rotatable bonds is 5. The van der Waals surface area contributed by atoms with E-state index in [0.29, 0.717) is 5.92 Å². The second-order valence-electron chi connectivity index (χ2n) is 5.05. The second-order valence-corrected chi connectivity index (χ2v) is 5.05. The van der Waals surface area contributed by atoms with E-state index in [9.17, 15) is 9.90 Å². The van der Waals surface area contributed by atoms with E-state index in [2.05, 4.69) is 5.10 Å². The van der Waals surface area contributed by atoms with Gasteiger partial charge in [0, 0.05) is 13.2 Å². The number of aromatic nitrogens is 2. The molecule has 4 heteroatoms. The predicted octanol–water partition coefficient (Wildman–Crippen LogP) is 2.24. The molecule has 1 N–H and O–H groups in total. The maximum Gasteiger partial charge on any atom is 0.306 e. The monoisotopic (exact) mass is 236 g/mol. The summed E-state index contributed by atoms with van der Waals surface area (Å²) in [5.41, 5.74) is 1.14. The van der Waals surface area contributed by atoms with E-state index in [1.165, 1.54) is 12.8 Å². The Labute approximate surface area is 102 Å². The molecule has 1 fully saturated rings. The minimum Gasteiger partial charge on any atom is -0.481 e. The second kappa shape index (κ2) is 5.34. The minimum atomic E-state index is -0.624. The van der Waals surface area contributed by atoms with E-state index in [-0.39, 0.29) is 5.92 Å². The van der Waals surface area contributed by atoms with Crippen molar-refractivity contribution < 1.29 is 9.90 Å². The first-order valence-corrected chi connectivity index (χ1v) is 6.37. The van der Waals surface area contributed by atoms with Crippen molar-refractivity contribution in [2.24, 2.45) is 18.9 Å². The van der Waals surface area contributed by atoms with Crippen molar-refractivity contribution in [1.29, 1.82) is 0 Å². The molecule has 1 aromatic heterocycles. The molecular formula is C13H20N2O2. The molecule has 17 heavy (non-hydrogen) atoms. The van der Waals surface area contributed by atoms with Crippen LogP contribution in [0.25, 0.3) is 0 Å². The highest BCUT2D eigenvalue weighted by molar-refractivity contribution is 5.70. The molecule has 1 unspecified atom stereocenters. The van der Waals surface area contributed by atoms with E-state index in [4.69, 9.17) is 0 Å². The van der Waals surface area contributed by atoms with Gasteiger partial charge < -0.3 is 5.11 Å². The summed E-state index contributed by atoms with van der Waals surface area (Å²) in [7, 11) is 1.88. The van der Waals surface area contributed by atoms with Crippen LogP contribution in [0.15, 0.2) is 12.4 Å². The van der Waals surface area contributed by atoms with Gasteiger partial charge >= 0.3 is 5.97 Å². The fourth-order valence-corrected chi connectivity index (χ4v) is 2.84. The van der Waals surface area contributed by atoms with Gasteiger partial charge in [0.15, 0.2) is 0 Å². The summed E-state index contributed by atoms with van der Waals surface area (Å²) < 4.78 is 1.76. The van der Waals surface area contributed by atoms with Gasteiger partial charge in [-0.25, -0.2) is 0 Å². The lowest BCUT2D eigenvalue weighted by atomic mass is 9.86. The Morgan fingerprint density at radius 2 is 2.29 bits per heavy atom. The smallest absolute Gasteiger partial charge is 0.306 e. The molecule has 0 spiro atoms. The highest BCUT2D eigenvalue weighted by Gasteiger charge is 2.30. The highest BCUT2D eigenvalue weighted by atomic mass is 16.4. The normalized spacial score (nSPS) is 18.4. The topological polar surface area (TPSA) is 55.1 Å². The van der Waals surface area contributed by atoms with Crippen LogP contribution in [0.2, 0.25) is 0 Å². The molecule has 94 valence electrons. The fraction of sp³-hybridized carbons (Fsp3) is 0.692. The first-order valence-electron chi connectivity index (χ1n) is 6.37. The zero-order valence-corrected chi connectivity index (χ0v) is 10.3. The molecular weight excluding hydrogens is 216 g/mol. The Bertz CT molecular complexity index is 381. The molecule has 0 aromatic carbocycles. The number of carbonyl (C=O) groups is 1. The molecule has 0 saturated heterocycles. The van der Waals surface area contributed by atoms with Crippen LogP contribution in [0, 0.1) is 11.8 Å². The number of nitrogens with zero attached hydrogens (tertiary/aromatic N) is 2. The van der Waals surface area contributed by atoms with Crippen molar-refractivity contribution in [2.75, 3.05) is 0 Å². The van der Waals surface area contributed by atoms with Crippen LogP contribution in [0.5, 0.6) is 0 Å². The van der Waals surface area contributed by atoms with E-state index in [0.717, 1.165) is 31.2 Å². The Kier molecular flexibility index (Phi) is 3.82. The number of carboxylic acids is 1. The molecule has 1 saturated carbocycles. The number of hydrogen-bond donors (Lipinski definition) is 1. The largest absolute Gasteiger partial charge is 0.481 e. The summed E-state index contributed by atoms with van der Waals surface area (Å²) in [6.45, 7) is 0. The van der Waals surface area contributed by atoms with Crippen LogP contribution >= 0.6 is 0 Å². The van der Waals surface area contributed by atoms with Crippen molar-refractivity contribution in [1.82, 2.24) is 9.78 Å². The average molecular weight is 236 g/mol. The van der Waals surface area contributed by atoms with Gasteiger partial charge in [0.2, 0.25) is 0 Å². The van der Waals surface area contributed by atoms with Gasteiger partial charge in [-0.05, 0) is 37.2 Å². The number of aryl methyl sites for hydroxylation is 2. The lowest BCUT2D eigenvalue weighted by Gasteiger charge is -2.18. The number of hydrogen-bond acceptors (Lipinski definition) is 2. The Morgan fingerprint density at radius 1 is 1.59 bits per heavy atom. The molecule has 0 bridgehead atoms. The van der Waals surface area contributed by atoms with Gasteiger partial charge in [0.1, 0.15) is 0 Å². The summed E-state index contributed by atoms with van der Waals surface area (Å²) in [5.74, 6) is -0.400. The van der Waals surface area contributed by atoms with E-state index in [1.54, 1.807) is 4.68 Å². The highest BCUT2D eigenvalue weighted by Crippen LogP contribution is 2.33. The SMILES string of the molecule is Cn1cc(CCC(C(=O)O)C2CCCC2)cn1. The molecule has 1 heterocycles. The van der Waals surface area contributed by atoms with Crippen molar-refractivity contribution in [2.45, 2.75) is 38.5 Å². The average Bonchev–Trinajstić information content (AvgIpc) is 2.90. The van der Waals surface area contributed by atoms with Crippen molar-refractivity contribution in [3.8, 4) is 0 Å². The van der Waals surface area contributed by atoms with Gasteiger partial charge in [-0.1, -0.05) is 12.8 Å². The summed E-state index contributed by atoms with van der Waals surface area (Å²) >= 11 is 0. The molecule has 4 nitrogen and oxygen atoms in total. The van der Waals surface area contributed by atoms with Crippen molar-refractivity contribution >= 4 is 5.97 Å². The lowest BCUT2D eigenvalue weighted by molar-refractivity contribution is -0.143. The molecule has 0 aliphatic heterocycles. The first-order chi connectivity index (χ1) is 8.16. The molecule has 1 aliphatic rings. The third-order valence-corrected chi connectivity index (χ3v) is 3.79. The van der Waals surface area contributed by atoms with Crippen LogP contribution in [-0.2, 0) is 18.3 Å². The molecule has 2 rings (SSSR count). The Hall–Kier alpha value is -1.32. The Balaban J connectivity index is 1.91. The third kappa shape index (κ3) is 3.08. The molecule has 0 amide bonds. The van der Waals surface area contributed by atoms with Gasteiger partial charge in [-0.2, -0.15) is 5.10 Å². The predicted molar refractivity (Wildman–Crippen MR) is 64.6 cm³/mol. The van der Waals surface area contributed by atoms with Gasteiger partial charge in [0.05, 0.1) is 12.1 Å². The standard InChI is InChI=1S/C13H20N2O2/c1-15-9-10(8-14-15)6-7-12(13(16)17)11-4-2-3-5-11/h8-9,11-12H,2-7H2,1H3,(H,16,17). The van der Waals surface area contributed by atoms with Crippen molar-refractivity contribution in [3.05, 3.63) is 18.0 Å². The number of aliphatic carboxylic acids is 1. The van der Waals surface area contributed by atoms with Gasteiger partial charge in [-0.15, -0.1) is 0 Å². The lowest BCUT2D eigenvalue weighted by Crippen LogP contribution is -2.22. The summed E-state index contributed by atoms with van der Waals surface area (Å²) in [6, 6.07) is 0. The van der Waals surface area contributed by atoms with Crippen LogP contribution < -0.4 is 0 Å². The van der Waals surface area contributed by atoms with E-state index in [1.807, 2.05) is 19.4 Å². The van der Waals surface area contributed by atoms with E-state index >= 15 is 0 Å². The summed E-state index contributed by atoms with van der Waals surface area (Å²) in [5, 5.41) is 13.4. The maximum atomic E-state index is 11.3. The van der Waals surface area contributed by atoms with Crippen LogP contribution in [0.3, 0.4) is 0 Å². The van der Waals surface area contributed by atoms with Gasteiger partial charge in [-0.3, -0.25) is 9.48 Å². The fourth-order valence-electron chi connectivity index (χ4n) is 2.84. The zero-order valence-electron chi connectivity index (χ0n) is 10.3. The molecule has 0 radical (unpaired) electrons. The van der Waals surface area contributed by atoms with Crippen LogP contribution in [0.1, 0.15) is 37.7 Å². The molecule has 1 aliphatic carbocycles. The molecule has 1 aromatic rings. The summed E-state index contributed by atoms with van der Waals surface area (Å²) in [4.78, 5) is 11.3. The molecule has 1 atom stereocenters. The third-order valence-electron chi connectivity index (χ3n) is 3.79. The quantitative estimate of drug-likeness (QED) is 0.853. The van der Waals surface area contributed by atoms with Crippen molar-refractivity contribution in [3.63, 3.8) is 0 Å². The first kappa shape index (κ1) is 12.1. The van der Waals surface area contributed by atoms with Gasteiger partial charge in [0.25, 0.3) is 0 Å². The number of carboxylic acid groups (broad SMARTS) is 1. The zero-order chi connectivity index (χ0) is 12.3. The van der Waals surface area contributed by atoms with E-state index < -0.39 is 5.97 Å².